The molecule has 0 aliphatic heterocycles. The van der Waals surface area contributed by atoms with E-state index in [1.807, 2.05) is 0 Å². The van der Waals surface area contributed by atoms with Gasteiger partial charge in [0.2, 0.25) is 5.60 Å². The van der Waals surface area contributed by atoms with E-state index >= 15 is 0 Å². The van der Waals surface area contributed by atoms with Crippen molar-refractivity contribution in [2.24, 2.45) is 5.92 Å². The molecule has 5 heteroatoms. The maximum absolute atomic E-state index is 11.6. The molecule has 0 saturated heterocycles. The fourth-order valence-corrected chi connectivity index (χ4v) is 1.15. The quantitative estimate of drug-likeness (QED) is 0.295. The molecule has 0 aromatic rings. The van der Waals surface area contributed by atoms with Crippen molar-refractivity contribution in [3.8, 4) is 0 Å². The van der Waals surface area contributed by atoms with Gasteiger partial charge in [-0.25, -0.2) is 4.79 Å². The highest BCUT2D eigenvalue weighted by atomic mass is 16.6. The lowest BCUT2D eigenvalue weighted by molar-refractivity contribution is -0.174. The number of Topliss-reactive ketones (excluding diaryl/α,β-unsaturated/α-hetero) is 1. The molecule has 0 amide bonds. The van der Waals surface area contributed by atoms with Crippen LogP contribution in [0.5, 0.6) is 0 Å². The second-order valence-electron chi connectivity index (χ2n) is 3.48. The van der Waals surface area contributed by atoms with Gasteiger partial charge < -0.3 is 14.6 Å². The zero-order valence-corrected chi connectivity index (χ0v) is 9.86. The molecule has 0 aromatic carbocycles. The smallest absolute Gasteiger partial charge is 0.346 e. The van der Waals surface area contributed by atoms with Gasteiger partial charge in [-0.1, -0.05) is 13.0 Å². The summed E-state index contributed by atoms with van der Waals surface area (Å²) in [5.74, 6) is -2.34. The highest BCUT2D eigenvalue weighted by Gasteiger charge is 2.46. The number of ketones is 1. The third-order valence-electron chi connectivity index (χ3n) is 2.38. The van der Waals surface area contributed by atoms with Crippen LogP contribution in [-0.2, 0) is 19.1 Å². The van der Waals surface area contributed by atoms with Gasteiger partial charge in [0.15, 0.2) is 5.78 Å². The third kappa shape index (κ3) is 3.15. The van der Waals surface area contributed by atoms with Crippen LogP contribution in [0.15, 0.2) is 12.7 Å². The number of carbonyl (C=O) groups is 2. The van der Waals surface area contributed by atoms with Crippen molar-refractivity contribution in [3.63, 3.8) is 0 Å². The topological polar surface area (TPSA) is 72.8 Å². The molecule has 0 radical (unpaired) electrons. The molecule has 0 aliphatic carbocycles. The molecule has 0 heterocycles. The molecule has 0 aliphatic rings. The van der Waals surface area contributed by atoms with Gasteiger partial charge >= 0.3 is 5.97 Å². The van der Waals surface area contributed by atoms with Crippen molar-refractivity contribution in [3.05, 3.63) is 12.7 Å². The maximum Gasteiger partial charge on any atom is 0.346 e. The number of aliphatic hydroxyl groups is 1. The van der Waals surface area contributed by atoms with E-state index < -0.39 is 23.3 Å². The van der Waals surface area contributed by atoms with E-state index in [9.17, 15) is 14.7 Å². The third-order valence-corrected chi connectivity index (χ3v) is 2.38. The van der Waals surface area contributed by atoms with Crippen molar-refractivity contribution in [1.29, 1.82) is 0 Å². The normalized spacial score (nSPS) is 16.0. The van der Waals surface area contributed by atoms with Gasteiger partial charge in [0.25, 0.3) is 0 Å². The van der Waals surface area contributed by atoms with Crippen LogP contribution in [0.3, 0.4) is 0 Å². The Morgan fingerprint density at radius 1 is 1.50 bits per heavy atom. The van der Waals surface area contributed by atoms with E-state index in [0.29, 0.717) is 0 Å². The van der Waals surface area contributed by atoms with Gasteiger partial charge in [0.05, 0.1) is 6.61 Å². The van der Waals surface area contributed by atoms with Crippen LogP contribution in [0, 0.1) is 5.92 Å². The van der Waals surface area contributed by atoms with Gasteiger partial charge in [0, 0.05) is 13.0 Å². The summed E-state index contributed by atoms with van der Waals surface area (Å²) in [5, 5.41) is 9.99. The standard InChI is InChI=1S/C11H18O5/c1-5-8(2)11(14,9(3)12)10(13)16-7-6-15-4/h5,8,14H,1,6-7H2,2-4H3/t8-,11+/m0/s1. The largest absolute Gasteiger partial charge is 0.461 e. The summed E-state index contributed by atoms with van der Waals surface area (Å²) in [6.45, 7) is 6.30. The van der Waals surface area contributed by atoms with Gasteiger partial charge in [-0.15, -0.1) is 6.58 Å². The molecule has 2 atom stereocenters. The van der Waals surface area contributed by atoms with E-state index in [-0.39, 0.29) is 13.2 Å². The van der Waals surface area contributed by atoms with E-state index in [1.54, 1.807) is 0 Å². The number of hydrogen-bond donors (Lipinski definition) is 1. The maximum atomic E-state index is 11.6. The average molecular weight is 230 g/mol. The van der Waals surface area contributed by atoms with Crippen LogP contribution in [0.1, 0.15) is 13.8 Å². The molecular weight excluding hydrogens is 212 g/mol. The molecular formula is C11H18O5. The molecule has 0 bridgehead atoms. The predicted octanol–water partition coefficient (Wildman–Crippen LogP) is 0.318. The summed E-state index contributed by atoms with van der Waals surface area (Å²) in [7, 11) is 1.46. The van der Waals surface area contributed by atoms with E-state index in [0.717, 1.165) is 6.92 Å². The minimum Gasteiger partial charge on any atom is -0.461 e. The second kappa shape index (κ2) is 6.40. The first-order valence-corrected chi connectivity index (χ1v) is 4.93. The van der Waals surface area contributed by atoms with Crippen molar-refractivity contribution < 1.29 is 24.2 Å². The monoisotopic (exact) mass is 230 g/mol. The van der Waals surface area contributed by atoms with Crippen molar-refractivity contribution in [2.45, 2.75) is 19.4 Å². The summed E-state index contributed by atoms with van der Waals surface area (Å²) in [5.41, 5.74) is -2.16. The van der Waals surface area contributed by atoms with Crippen LogP contribution in [0.25, 0.3) is 0 Å². The van der Waals surface area contributed by atoms with E-state index in [4.69, 9.17) is 4.74 Å². The van der Waals surface area contributed by atoms with Gasteiger partial charge in [-0.3, -0.25) is 4.79 Å². The number of ether oxygens (including phenoxy) is 2. The second-order valence-corrected chi connectivity index (χ2v) is 3.48. The molecule has 1 N–H and O–H groups in total. The summed E-state index contributed by atoms with van der Waals surface area (Å²) in [6.07, 6.45) is 1.33. The first kappa shape index (κ1) is 14.8. The first-order chi connectivity index (χ1) is 7.41. The molecule has 0 fully saturated rings. The number of rotatable bonds is 7. The van der Waals surface area contributed by atoms with Crippen molar-refractivity contribution >= 4 is 11.8 Å². The molecule has 16 heavy (non-hydrogen) atoms. The van der Waals surface area contributed by atoms with Crippen LogP contribution in [-0.4, -0.2) is 42.8 Å². The number of methoxy groups -OCH3 is 1. The Morgan fingerprint density at radius 2 is 2.06 bits per heavy atom. The minimum absolute atomic E-state index is 0.00517. The van der Waals surface area contributed by atoms with Gasteiger partial charge in [-0.2, -0.15) is 0 Å². The molecule has 0 spiro atoms. The van der Waals surface area contributed by atoms with E-state index in [1.165, 1.54) is 20.1 Å². The van der Waals surface area contributed by atoms with Crippen LogP contribution in [0.2, 0.25) is 0 Å². The molecule has 0 rings (SSSR count). The first-order valence-electron chi connectivity index (χ1n) is 4.93. The Bertz CT molecular complexity index is 274. The SMILES string of the molecule is C=C[C@H](C)[C@@](O)(C(C)=O)C(=O)OCCOC. The Hall–Kier alpha value is -1.20. The summed E-state index contributed by atoms with van der Waals surface area (Å²) in [4.78, 5) is 22.9. The lowest BCUT2D eigenvalue weighted by Gasteiger charge is -2.27. The fraction of sp³-hybridized carbons (Fsp3) is 0.636. The van der Waals surface area contributed by atoms with Crippen molar-refractivity contribution in [1.82, 2.24) is 0 Å². The molecule has 92 valence electrons. The molecule has 0 aromatic heterocycles. The predicted molar refractivity (Wildman–Crippen MR) is 57.8 cm³/mol. The van der Waals surface area contributed by atoms with Crippen LogP contribution < -0.4 is 0 Å². The minimum atomic E-state index is -2.16. The average Bonchev–Trinajstić information content (AvgIpc) is 2.26. The summed E-state index contributed by atoms with van der Waals surface area (Å²) >= 11 is 0. The summed E-state index contributed by atoms with van der Waals surface area (Å²) in [6, 6.07) is 0. The van der Waals surface area contributed by atoms with Crippen LogP contribution >= 0.6 is 0 Å². The van der Waals surface area contributed by atoms with Gasteiger partial charge in [-0.05, 0) is 6.92 Å². The number of carbonyl (C=O) groups excluding carboxylic acids is 2. The summed E-state index contributed by atoms with van der Waals surface area (Å²) < 4.78 is 9.44. The molecule has 0 saturated carbocycles. The molecule has 0 unspecified atom stereocenters. The molecule has 5 nitrogen and oxygen atoms in total. The number of esters is 1. The Morgan fingerprint density at radius 3 is 2.44 bits per heavy atom. The lowest BCUT2D eigenvalue weighted by Crippen LogP contribution is -2.51. The fourth-order valence-electron chi connectivity index (χ4n) is 1.15. The Balaban J connectivity index is 4.71. The van der Waals surface area contributed by atoms with Crippen LogP contribution in [0.4, 0.5) is 0 Å². The highest BCUT2D eigenvalue weighted by molar-refractivity contribution is 6.06. The van der Waals surface area contributed by atoms with Gasteiger partial charge in [0.1, 0.15) is 6.61 Å². The zero-order valence-electron chi connectivity index (χ0n) is 9.86. The lowest BCUT2D eigenvalue weighted by atomic mass is 9.85. The Kier molecular flexibility index (Phi) is 5.92. The van der Waals surface area contributed by atoms with E-state index in [2.05, 4.69) is 11.3 Å². The van der Waals surface area contributed by atoms with Crippen molar-refractivity contribution in [2.75, 3.05) is 20.3 Å². The number of hydrogen-bond acceptors (Lipinski definition) is 5. The Labute approximate surface area is 95.0 Å². The highest BCUT2D eigenvalue weighted by Crippen LogP contribution is 2.21. The zero-order chi connectivity index (χ0) is 12.8.